The van der Waals surface area contributed by atoms with E-state index >= 15 is 0 Å². The molecule has 0 unspecified atom stereocenters. The molecule has 0 bridgehead atoms. The predicted molar refractivity (Wildman–Crippen MR) is 132 cm³/mol. The summed E-state index contributed by atoms with van der Waals surface area (Å²) in [5.74, 6) is 1.48. The number of nitrogens with zero attached hydrogens (tertiary/aromatic N) is 6. The molecule has 36 heavy (non-hydrogen) atoms. The molecule has 0 amide bonds. The number of aromatic nitrogens is 5. The lowest BCUT2D eigenvalue weighted by atomic mass is 10.0. The largest absolute Gasteiger partial charge is 0.479 e. The Morgan fingerprint density at radius 1 is 1.22 bits per heavy atom. The maximum Gasteiger partial charge on any atom is 0.244 e. The Labute approximate surface area is 207 Å². The van der Waals surface area contributed by atoms with Gasteiger partial charge in [0.1, 0.15) is 24.2 Å². The molecule has 2 aliphatic heterocycles. The number of nitrogens with one attached hydrogen (secondary N) is 1. The summed E-state index contributed by atoms with van der Waals surface area (Å²) in [5.41, 5.74) is 4.19. The van der Waals surface area contributed by atoms with Gasteiger partial charge in [-0.25, -0.2) is 18.3 Å². The van der Waals surface area contributed by atoms with Gasteiger partial charge in [0, 0.05) is 24.8 Å². The monoisotopic (exact) mass is 497 g/mol. The van der Waals surface area contributed by atoms with Crippen molar-refractivity contribution in [3.63, 3.8) is 0 Å². The molecule has 0 saturated carbocycles. The average Bonchev–Trinajstić information content (AvgIpc) is 3.40. The maximum absolute atomic E-state index is 15.0. The standard InChI is InChI=1S/C25H29F2N7O2/c1-15-28-21-4-3-16(11-22(21)33(15)10-7-26)18-5-9-34-23(18)24(35-2)30-25(31-34)29-20-6-8-32(12-19(20)27)17-13-36-14-17/h3-5,9,11,17,19-20H,6-8,10,12-14H2,1-2H3,(H,29,31)/t19-,20+/m1/s1. The van der Waals surface area contributed by atoms with Gasteiger partial charge in [0.15, 0.2) is 0 Å². The van der Waals surface area contributed by atoms with Gasteiger partial charge in [0.05, 0.1) is 50.0 Å². The number of likely N-dealkylation sites (tertiary alicyclic amines) is 1. The van der Waals surface area contributed by atoms with E-state index < -0.39 is 12.8 Å². The van der Waals surface area contributed by atoms with Gasteiger partial charge in [0.2, 0.25) is 11.8 Å². The molecule has 4 aromatic rings. The average molecular weight is 498 g/mol. The van der Waals surface area contributed by atoms with Crippen LogP contribution >= 0.6 is 0 Å². The van der Waals surface area contributed by atoms with E-state index in [-0.39, 0.29) is 12.6 Å². The first-order valence-corrected chi connectivity index (χ1v) is 12.2. The number of piperidine rings is 1. The van der Waals surface area contributed by atoms with Crippen LogP contribution in [-0.2, 0) is 11.3 Å². The fraction of sp³-hybridized carbons (Fsp3) is 0.480. The highest BCUT2D eigenvalue weighted by atomic mass is 19.1. The van der Waals surface area contributed by atoms with Gasteiger partial charge in [0.25, 0.3) is 0 Å². The van der Waals surface area contributed by atoms with Crippen molar-refractivity contribution in [2.45, 2.75) is 38.1 Å². The molecule has 9 nitrogen and oxygen atoms in total. The number of halogens is 2. The third-order valence-corrected chi connectivity index (χ3v) is 7.25. The predicted octanol–water partition coefficient (Wildman–Crippen LogP) is 3.26. The van der Waals surface area contributed by atoms with Crippen LogP contribution in [0.25, 0.3) is 27.7 Å². The van der Waals surface area contributed by atoms with E-state index in [1.54, 1.807) is 11.6 Å². The summed E-state index contributed by atoms with van der Waals surface area (Å²) in [4.78, 5) is 11.3. The molecule has 2 aliphatic rings. The van der Waals surface area contributed by atoms with Crippen molar-refractivity contribution in [2.24, 2.45) is 0 Å². The van der Waals surface area contributed by atoms with E-state index in [1.807, 2.05) is 42.0 Å². The van der Waals surface area contributed by atoms with Crippen molar-refractivity contribution >= 4 is 22.5 Å². The summed E-state index contributed by atoms with van der Waals surface area (Å²) in [6.45, 7) is 4.22. The van der Waals surface area contributed by atoms with Gasteiger partial charge in [-0.15, -0.1) is 5.10 Å². The summed E-state index contributed by atoms with van der Waals surface area (Å²) in [5, 5.41) is 7.79. The summed E-state index contributed by atoms with van der Waals surface area (Å²) >= 11 is 0. The number of rotatable bonds is 7. The number of hydrogen-bond donors (Lipinski definition) is 1. The first-order chi connectivity index (χ1) is 17.6. The van der Waals surface area contributed by atoms with Crippen LogP contribution in [0.4, 0.5) is 14.7 Å². The lowest BCUT2D eigenvalue weighted by Crippen LogP contribution is -2.57. The molecule has 2 fully saturated rings. The Hall–Kier alpha value is -3.31. The second-order valence-corrected chi connectivity index (χ2v) is 9.41. The van der Waals surface area contributed by atoms with Crippen LogP contribution < -0.4 is 10.1 Å². The summed E-state index contributed by atoms with van der Waals surface area (Å²) in [6.07, 6.45) is 1.46. The van der Waals surface area contributed by atoms with Crippen molar-refractivity contribution in [3.05, 3.63) is 36.3 Å². The van der Waals surface area contributed by atoms with Gasteiger partial charge < -0.3 is 19.4 Å². The molecule has 1 aromatic carbocycles. The zero-order valence-corrected chi connectivity index (χ0v) is 20.3. The molecule has 1 N–H and O–H groups in total. The second-order valence-electron chi connectivity index (χ2n) is 9.41. The van der Waals surface area contributed by atoms with Crippen molar-refractivity contribution in [1.82, 2.24) is 29.0 Å². The lowest BCUT2D eigenvalue weighted by molar-refractivity contribution is -0.0794. The minimum absolute atomic E-state index is 0.257. The van der Waals surface area contributed by atoms with Gasteiger partial charge >= 0.3 is 0 Å². The Bertz CT molecular complexity index is 1400. The lowest BCUT2D eigenvalue weighted by Gasteiger charge is -2.42. The van der Waals surface area contributed by atoms with Crippen LogP contribution in [0.2, 0.25) is 0 Å². The summed E-state index contributed by atoms with van der Waals surface area (Å²) in [7, 11) is 1.56. The van der Waals surface area contributed by atoms with Crippen LogP contribution in [-0.4, -0.2) is 87.4 Å². The van der Waals surface area contributed by atoms with Crippen molar-refractivity contribution in [3.8, 4) is 17.0 Å². The van der Waals surface area contributed by atoms with Crippen molar-refractivity contribution in [2.75, 3.05) is 45.4 Å². The SMILES string of the molecule is COc1nc(N[C@H]2CCN(C3COC3)C[C@H]2F)nn2ccc(-c3ccc4nc(C)n(CCF)c4c3)c12. The molecular formula is C25H29F2N7O2. The first-order valence-electron chi connectivity index (χ1n) is 12.2. The van der Waals surface area contributed by atoms with Gasteiger partial charge in [-0.2, -0.15) is 4.98 Å². The molecule has 0 aliphatic carbocycles. The molecule has 0 spiro atoms. The van der Waals surface area contributed by atoms with E-state index in [2.05, 4.69) is 25.3 Å². The van der Waals surface area contributed by atoms with Crippen LogP contribution in [0.15, 0.2) is 30.5 Å². The number of benzene rings is 1. The third kappa shape index (κ3) is 3.96. The molecule has 11 heteroatoms. The number of fused-ring (bicyclic) bond motifs is 2. The number of methoxy groups -OCH3 is 1. The Kier molecular flexibility index (Phi) is 5.96. The highest BCUT2D eigenvalue weighted by Crippen LogP contribution is 2.33. The number of alkyl halides is 2. The summed E-state index contributed by atoms with van der Waals surface area (Å²) in [6, 6.07) is 7.81. The first kappa shape index (κ1) is 23.1. The number of anilines is 1. The number of aryl methyl sites for hydroxylation is 2. The number of hydrogen-bond acceptors (Lipinski definition) is 7. The third-order valence-electron chi connectivity index (χ3n) is 7.25. The molecule has 3 aromatic heterocycles. The van der Waals surface area contributed by atoms with Gasteiger partial charge in [-0.05, 0) is 37.1 Å². The smallest absolute Gasteiger partial charge is 0.244 e. The van der Waals surface area contributed by atoms with E-state index in [1.165, 1.54) is 0 Å². The topological polar surface area (TPSA) is 81.7 Å². The highest BCUT2D eigenvalue weighted by molar-refractivity contribution is 5.89. The molecular weight excluding hydrogens is 468 g/mol. The van der Waals surface area contributed by atoms with Gasteiger partial charge in [-0.3, -0.25) is 4.90 Å². The van der Waals surface area contributed by atoms with E-state index in [4.69, 9.17) is 9.47 Å². The molecule has 2 atom stereocenters. The van der Waals surface area contributed by atoms with Crippen LogP contribution in [0, 0.1) is 6.92 Å². The maximum atomic E-state index is 15.0. The van der Waals surface area contributed by atoms with Gasteiger partial charge in [-0.1, -0.05) is 6.07 Å². The Morgan fingerprint density at radius 2 is 2.08 bits per heavy atom. The summed E-state index contributed by atoms with van der Waals surface area (Å²) < 4.78 is 42.6. The normalized spacial score (nSPS) is 21.2. The van der Waals surface area contributed by atoms with Crippen LogP contribution in [0.3, 0.4) is 0 Å². The van der Waals surface area contributed by atoms with E-state index in [9.17, 15) is 8.78 Å². The minimum atomic E-state index is -1.03. The molecule has 0 radical (unpaired) electrons. The Morgan fingerprint density at radius 3 is 2.81 bits per heavy atom. The number of imidazole rings is 1. The molecule has 5 heterocycles. The van der Waals surface area contributed by atoms with Crippen molar-refractivity contribution < 1.29 is 18.3 Å². The quantitative estimate of drug-likeness (QED) is 0.420. The van der Waals surface area contributed by atoms with E-state index in [0.29, 0.717) is 49.6 Å². The molecule has 6 rings (SSSR count). The fourth-order valence-electron chi connectivity index (χ4n) is 5.23. The minimum Gasteiger partial charge on any atom is -0.479 e. The highest BCUT2D eigenvalue weighted by Gasteiger charge is 2.35. The molecule has 190 valence electrons. The zero-order chi connectivity index (χ0) is 24.8. The van der Waals surface area contributed by atoms with Crippen LogP contribution in [0.5, 0.6) is 5.88 Å². The second kappa shape index (κ2) is 9.29. The van der Waals surface area contributed by atoms with Crippen molar-refractivity contribution in [1.29, 1.82) is 0 Å². The fourth-order valence-corrected chi connectivity index (χ4v) is 5.23. The van der Waals surface area contributed by atoms with Crippen LogP contribution in [0.1, 0.15) is 12.2 Å². The number of ether oxygens (including phenoxy) is 2. The molecule has 2 saturated heterocycles. The Balaban J connectivity index is 1.29. The zero-order valence-electron chi connectivity index (χ0n) is 20.3. The van der Waals surface area contributed by atoms with E-state index in [0.717, 1.165) is 34.5 Å².